The molecule has 0 saturated carbocycles. The van der Waals surface area contributed by atoms with Crippen LogP contribution in [0.1, 0.15) is 24.0 Å². The molecule has 0 saturated heterocycles. The van der Waals surface area contributed by atoms with Gasteiger partial charge in [0.25, 0.3) is 0 Å². The summed E-state index contributed by atoms with van der Waals surface area (Å²) in [5.74, 6) is -1.54. The van der Waals surface area contributed by atoms with Gasteiger partial charge in [-0.05, 0) is 30.7 Å². The van der Waals surface area contributed by atoms with Gasteiger partial charge < -0.3 is 9.84 Å². The van der Waals surface area contributed by atoms with E-state index in [1.165, 1.54) is 19.1 Å². The van der Waals surface area contributed by atoms with Crippen LogP contribution in [0, 0.1) is 0 Å². The lowest BCUT2D eigenvalue weighted by atomic mass is 10.0. The van der Waals surface area contributed by atoms with E-state index >= 15 is 0 Å². The standard InChI is InChI=1S/C15H11ClF3NO3/c1-8(14(21)22)9-2-4-11(5-3-9)23-13-12(16)6-10(7-20-13)15(17,18)19/h2-8H,1H3,(H,21,22). The predicted octanol–water partition coefficient (Wildman–Crippen LogP) is 4.73. The fourth-order valence-electron chi connectivity index (χ4n) is 1.73. The van der Waals surface area contributed by atoms with E-state index in [0.29, 0.717) is 11.8 Å². The molecule has 2 aromatic rings. The van der Waals surface area contributed by atoms with Crippen LogP contribution >= 0.6 is 11.6 Å². The van der Waals surface area contributed by atoms with Crippen molar-refractivity contribution in [2.75, 3.05) is 0 Å². The summed E-state index contributed by atoms with van der Waals surface area (Å²) in [7, 11) is 0. The molecule has 0 aliphatic heterocycles. The molecule has 8 heteroatoms. The number of benzene rings is 1. The minimum Gasteiger partial charge on any atom is -0.481 e. The van der Waals surface area contributed by atoms with Gasteiger partial charge in [-0.3, -0.25) is 4.79 Å². The molecule has 1 unspecified atom stereocenters. The van der Waals surface area contributed by atoms with Crippen molar-refractivity contribution in [2.24, 2.45) is 0 Å². The first kappa shape index (κ1) is 17.1. The van der Waals surface area contributed by atoms with Crippen LogP contribution in [-0.2, 0) is 11.0 Å². The van der Waals surface area contributed by atoms with Gasteiger partial charge in [-0.15, -0.1) is 0 Å². The van der Waals surface area contributed by atoms with Gasteiger partial charge in [-0.2, -0.15) is 13.2 Å². The van der Waals surface area contributed by atoms with Crippen molar-refractivity contribution in [1.82, 2.24) is 4.98 Å². The summed E-state index contributed by atoms with van der Waals surface area (Å²) in [5, 5.41) is 8.64. The molecule has 4 nitrogen and oxygen atoms in total. The lowest BCUT2D eigenvalue weighted by molar-refractivity contribution is -0.139. The monoisotopic (exact) mass is 345 g/mol. The van der Waals surface area contributed by atoms with Gasteiger partial charge in [0, 0.05) is 6.20 Å². The van der Waals surface area contributed by atoms with E-state index in [0.717, 1.165) is 6.07 Å². The Kier molecular flexibility index (Phi) is 4.79. The number of hydrogen-bond acceptors (Lipinski definition) is 3. The fraction of sp³-hybridized carbons (Fsp3) is 0.200. The maximum Gasteiger partial charge on any atom is 0.417 e. The lowest BCUT2D eigenvalue weighted by Gasteiger charge is -2.11. The molecule has 122 valence electrons. The van der Waals surface area contributed by atoms with E-state index in [-0.39, 0.29) is 16.7 Å². The number of aromatic nitrogens is 1. The molecule has 0 aliphatic rings. The van der Waals surface area contributed by atoms with Crippen LogP contribution in [0.15, 0.2) is 36.5 Å². The van der Waals surface area contributed by atoms with Gasteiger partial charge in [0.1, 0.15) is 10.8 Å². The van der Waals surface area contributed by atoms with Crippen LogP contribution in [0.4, 0.5) is 13.2 Å². The molecule has 0 spiro atoms. The van der Waals surface area contributed by atoms with E-state index < -0.39 is 23.6 Å². The summed E-state index contributed by atoms with van der Waals surface area (Å²) in [5.41, 5.74) is -0.406. The molecule has 2 rings (SSSR count). The minimum atomic E-state index is -4.54. The van der Waals surface area contributed by atoms with Crippen molar-refractivity contribution in [3.8, 4) is 11.6 Å². The summed E-state index contributed by atoms with van der Waals surface area (Å²) in [4.78, 5) is 14.4. The number of rotatable bonds is 4. The second kappa shape index (κ2) is 6.45. The Bertz CT molecular complexity index is 717. The number of aliphatic carboxylic acids is 1. The number of nitrogens with zero attached hydrogens (tertiary/aromatic N) is 1. The number of ether oxygens (including phenoxy) is 1. The third kappa shape index (κ3) is 4.13. The molecule has 1 N–H and O–H groups in total. The van der Waals surface area contributed by atoms with Crippen LogP contribution in [0.2, 0.25) is 5.02 Å². The molecule has 23 heavy (non-hydrogen) atoms. The summed E-state index contributed by atoms with van der Waals surface area (Å²) in [6.45, 7) is 1.53. The number of alkyl halides is 3. The number of carboxylic acid groups (broad SMARTS) is 1. The second-order valence-corrected chi connectivity index (χ2v) is 5.15. The van der Waals surface area contributed by atoms with Gasteiger partial charge >= 0.3 is 12.1 Å². The first-order valence-corrected chi connectivity index (χ1v) is 6.79. The molecule has 1 heterocycles. The maximum atomic E-state index is 12.5. The van der Waals surface area contributed by atoms with Crippen molar-refractivity contribution in [2.45, 2.75) is 19.0 Å². The summed E-state index contributed by atoms with van der Waals surface area (Å²) in [6, 6.07) is 6.80. The highest BCUT2D eigenvalue weighted by molar-refractivity contribution is 6.31. The molecule has 0 bridgehead atoms. The zero-order chi connectivity index (χ0) is 17.2. The Morgan fingerprint density at radius 2 is 1.91 bits per heavy atom. The molecular formula is C15H11ClF3NO3. The second-order valence-electron chi connectivity index (χ2n) is 4.74. The van der Waals surface area contributed by atoms with Crippen molar-refractivity contribution in [3.05, 3.63) is 52.7 Å². The molecule has 0 radical (unpaired) electrons. The third-order valence-electron chi connectivity index (χ3n) is 3.10. The topological polar surface area (TPSA) is 59.4 Å². The van der Waals surface area contributed by atoms with Crippen molar-refractivity contribution in [1.29, 1.82) is 0 Å². The average Bonchev–Trinajstić information content (AvgIpc) is 2.48. The van der Waals surface area contributed by atoms with E-state index in [9.17, 15) is 18.0 Å². The highest BCUT2D eigenvalue weighted by atomic mass is 35.5. The quantitative estimate of drug-likeness (QED) is 0.870. The van der Waals surface area contributed by atoms with Gasteiger partial charge in [-0.1, -0.05) is 23.7 Å². The average molecular weight is 346 g/mol. The fourth-order valence-corrected chi connectivity index (χ4v) is 1.94. The van der Waals surface area contributed by atoms with Gasteiger partial charge in [-0.25, -0.2) is 4.98 Å². The molecule has 0 fully saturated rings. The number of carboxylic acids is 1. The smallest absolute Gasteiger partial charge is 0.417 e. The first-order chi connectivity index (χ1) is 10.7. The molecule has 1 aromatic heterocycles. The summed E-state index contributed by atoms with van der Waals surface area (Å²) < 4.78 is 42.9. The number of hydrogen-bond donors (Lipinski definition) is 1. The van der Waals surface area contributed by atoms with E-state index in [4.69, 9.17) is 21.4 Å². The van der Waals surface area contributed by atoms with Crippen LogP contribution < -0.4 is 4.74 Å². The van der Waals surface area contributed by atoms with Crippen LogP contribution in [0.5, 0.6) is 11.6 Å². The van der Waals surface area contributed by atoms with Crippen LogP contribution in [0.3, 0.4) is 0 Å². The Morgan fingerprint density at radius 1 is 1.30 bits per heavy atom. The number of carbonyl (C=O) groups is 1. The Hall–Kier alpha value is -2.28. The Balaban J connectivity index is 2.18. The largest absolute Gasteiger partial charge is 0.481 e. The molecule has 1 aromatic carbocycles. The summed E-state index contributed by atoms with van der Waals surface area (Å²) in [6.07, 6.45) is -3.91. The molecule has 1 atom stereocenters. The highest BCUT2D eigenvalue weighted by Crippen LogP contribution is 2.34. The van der Waals surface area contributed by atoms with E-state index in [1.807, 2.05) is 0 Å². The van der Waals surface area contributed by atoms with Crippen molar-refractivity contribution in [3.63, 3.8) is 0 Å². The van der Waals surface area contributed by atoms with Gasteiger partial charge in [0.2, 0.25) is 5.88 Å². The Morgan fingerprint density at radius 3 is 2.39 bits per heavy atom. The molecule has 0 aliphatic carbocycles. The summed E-state index contributed by atoms with van der Waals surface area (Å²) >= 11 is 5.74. The van der Waals surface area contributed by atoms with Crippen LogP contribution in [0.25, 0.3) is 0 Å². The molecule has 0 amide bonds. The lowest BCUT2D eigenvalue weighted by Crippen LogP contribution is -2.07. The third-order valence-corrected chi connectivity index (χ3v) is 3.37. The zero-order valence-electron chi connectivity index (χ0n) is 11.8. The zero-order valence-corrected chi connectivity index (χ0v) is 12.5. The SMILES string of the molecule is CC(C(=O)O)c1ccc(Oc2ncc(C(F)(F)F)cc2Cl)cc1. The van der Waals surface area contributed by atoms with Crippen molar-refractivity contribution < 1.29 is 27.8 Å². The van der Waals surface area contributed by atoms with E-state index in [2.05, 4.69) is 4.98 Å². The maximum absolute atomic E-state index is 12.5. The number of pyridine rings is 1. The van der Waals surface area contributed by atoms with E-state index in [1.54, 1.807) is 12.1 Å². The normalized spacial score (nSPS) is 12.7. The highest BCUT2D eigenvalue weighted by Gasteiger charge is 2.31. The Labute approximate surface area is 134 Å². The van der Waals surface area contributed by atoms with Gasteiger partial charge in [0.15, 0.2) is 0 Å². The van der Waals surface area contributed by atoms with Gasteiger partial charge in [0.05, 0.1) is 11.5 Å². The van der Waals surface area contributed by atoms with Crippen molar-refractivity contribution >= 4 is 17.6 Å². The first-order valence-electron chi connectivity index (χ1n) is 6.42. The predicted molar refractivity (Wildman–Crippen MR) is 76.8 cm³/mol. The number of halogens is 4. The van der Waals surface area contributed by atoms with Crippen LogP contribution in [-0.4, -0.2) is 16.1 Å². The molecular weight excluding hydrogens is 335 g/mol. The minimum absolute atomic E-state index is 0.168.